The van der Waals surface area contributed by atoms with Gasteiger partial charge in [-0.2, -0.15) is 0 Å². The van der Waals surface area contributed by atoms with Gasteiger partial charge in [0, 0.05) is 43.6 Å². The Labute approximate surface area is 139 Å². The van der Waals surface area contributed by atoms with Gasteiger partial charge >= 0.3 is 0 Å². The zero-order valence-electron chi connectivity index (χ0n) is 12.8. The number of nitro benzene ring substituents is 1. The lowest BCUT2D eigenvalue weighted by molar-refractivity contribution is -0.384. The van der Waals surface area contributed by atoms with Crippen LogP contribution in [0, 0.1) is 16.0 Å². The molecule has 0 unspecified atom stereocenters. The van der Waals surface area contributed by atoms with Crippen LogP contribution in [0.15, 0.2) is 18.2 Å². The number of halogens is 1. The van der Waals surface area contributed by atoms with Gasteiger partial charge in [0.15, 0.2) is 0 Å². The number of nitro groups is 1. The Kier molecular flexibility index (Phi) is 4.82. The minimum atomic E-state index is -0.435. The van der Waals surface area contributed by atoms with Crippen molar-refractivity contribution in [3.8, 4) is 0 Å². The minimum Gasteiger partial charge on any atom is -0.356 e. The van der Waals surface area contributed by atoms with E-state index in [0.717, 1.165) is 31.5 Å². The van der Waals surface area contributed by atoms with Crippen molar-refractivity contribution in [2.75, 3.05) is 13.1 Å². The van der Waals surface area contributed by atoms with E-state index in [1.807, 2.05) is 0 Å². The quantitative estimate of drug-likeness (QED) is 0.677. The van der Waals surface area contributed by atoms with Crippen molar-refractivity contribution in [3.05, 3.63) is 38.9 Å². The SMILES string of the molecule is O=C1C[C@H]([C@@H]2CCCCN2Cc2ccc([N+](=O)[O-])cc2Cl)CN1. The van der Waals surface area contributed by atoms with Crippen LogP contribution in [0.3, 0.4) is 0 Å². The maximum absolute atomic E-state index is 11.5. The summed E-state index contributed by atoms with van der Waals surface area (Å²) >= 11 is 6.23. The molecule has 0 radical (unpaired) electrons. The standard InChI is InChI=1S/C16H20ClN3O3/c17-14-8-13(20(22)23)5-4-11(14)10-19-6-2-1-3-15(19)12-7-16(21)18-9-12/h4-5,8,12,15H,1-3,6-7,9-10H2,(H,18,21)/t12-,15-/m0/s1. The van der Waals surface area contributed by atoms with Gasteiger partial charge < -0.3 is 5.32 Å². The summed E-state index contributed by atoms with van der Waals surface area (Å²) in [7, 11) is 0. The van der Waals surface area contributed by atoms with E-state index in [2.05, 4.69) is 10.2 Å². The van der Waals surface area contributed by atoms with Gasteiger partial charge in [0.2, 0.25) is 5.91 Å². The monoisotopic (exact) mass is 337 g/mol. The molecular weight excluding hydrogens is 318 g/mol. The molecule has 2 heterocycles. The molecule has 3 rings (SSSR count). The summed E-state index contributed by atoms with van der Waals surface area (Å²) < 4.78 is 0. The van der Waals surface area contributed by atoms with E-state index in [1.165, 1.54) is 18.6 Å². The van der Waals surface area contributed by atoms with Gasteiger partial charge in [-0.15, -0.1) is 0 Å². The van der Waals surface area contributed by atoms with Crippen LogP contribution in [0.1, 0.15) is 31.2 Å². The Morgan fingerprint density at radius 1 is 1.39 bits per heavy atom. The predicted molar refractivity (Wildman–Crippen MR) is 87.3 cm³/mol. The Balaban J connectivity index is 1.74. The van der Waals surface area contributed by atoms with Gasteiger partial charge in [-0.25, -0.2) is 0 Å². The van der Waals surface area contributed by atoms with Crippen molar-refractivity contribution >= 4 is 23.2 Å². The van der Waals surface area contributed by atoms with Crippen molar-refractivity contribution < 1.29 is 9.72 Å². The zero-order valence-corrected chi connectivity index (χ0v) is 13.6. The number of piperidine rings is 1. The molecule has 0 bridgehead atoms. The number of amides is 1. The molecule has 1 aromatic rings. The van der Waals surface area contributed by atoms with Gasteiger partial charge in [0.1, 0.15) is 0 Å². The van der Waals surface area contributed by atoms with Crippen LogP contribution in [0.25, 0.3) is 0 Å². The average Bonchev–Trinajstić information content (AvgIpc) is 2.96. The van der Waals surface area contributed by atoms with Crippen molar-refractivity contribution in [3.63, 3.8) is 0 Å². The normalized spacial score (nSPS) is 25.3. The van der Waals surface area contributed by atoms with Crippen LogP contribution >= 0.6 is 11.6 Å². The molecule has 0 aromatic heterocycles. The molecule has 0 spiro atoms. The van der Waals surface area contributed by atoms with E-state index in [9.17, 15) is 14.9 Å². The van der Waals surface area contributed by atoms with Crippen molar-refractivity contribution in [2.24, 2.45) is 5.92 Å². The molecule has 23 heavy (non-hydrogen) atoms. The Bertz CT molecular complexity index is 623. The molecule has 2 atom stereocenters. The molecule has 124 valence electrons. The Morgan fingerprint density at radius 3 is 2.87 bits per heavy atom. The summed E-state index contributed by atoms with van der Waals surface area (Å²) in [6, 6.07) is 5.02. The lowest BCUT2D eigenvalue weighted by Gasteiger charge is -2.39. The van der Waals surface area contributed by atoms with E-state index < -0.39 is 4.92 Å². The first-order valence-corrected chi connectivity index (χ1v) is 8.36. The third kappa shape index (κ3) is 3.64. The summed E-state index contributed by atoms with van der Waals surface area (Å²) in [4.78, 5) is 24.3. The fourth-order valence-electron chi connectivity index (χ4n) is 3.64. The van der Waals surface area contributed by atoms with Crippen molar-refractivity contribution in [2.45, 2.75) is 38.3 Å². The average molecular weight is 338 g/mol. The number of non-ortho nitro benzene ring substituents is 1. The predicted octanol–water partition coefficient (Wildman–Crippen LogP) is 2.74. The van der Waals surface area contributed by atoms with Gasteiger partial charge in [-0.05, 0) is 31.0 Å². The second-order valence-electron chi connectivity index (χ2n) is 6.33. The van der Waals surface area contributed by atoms with Crippen LogP contribution in [0.4, 0.5) is 5.69 Å². The number of hydrogen-bond acceptors (Lipinski definition) is 4. The van der Waals surface area contributed by atoms with E-state index in [-0.39, 0.29) is 11.6 Å². The minimum absolute atomic E-state index is 0.0135. The number of benzene rings is 1. The molecule has 2 saturated heterocycles. The highest BCUT2D eigenvalue weighted by Gasteiger charge is 2.34. The van der Waals surface area contributed by atoms with Gasteiger partial charge in [0.05, 0.1) is 9.95 Å². The fraction of sp³-hybridized carbons (Fsp3) is 0.562. The van der Waals surface area contributed by atoms with E-state index >= 15 is 0 Å². The van der Waals surface area contributed by atoms with Crippen LogP contribution in [-0.2, 0) is 11.3 Å². The molecular formula is C16H20ClN3O3. The number of rotatable bonds is 4. The number of carbonyl (C=O) groups is 1. The van der Waals surface area contributed by atoms with Crippen molar-refractivity contribution in [1.29, 1.82) is 0 Å². The van der Waals surface area contributed by atoms with Crippen LogP contribution in [0.2, 0.25) is 5.02 Å². The molecule has 0 aliphatic carbocycles. The lowest BCUT2D eigenvalue weighted by Crippen LogP contribution is -2.44. The first-order chi connectivity index (χ1) is 11.0. The Hall–Kier alpha value is -1.66. The zero-order chi connectivity index (χ0) is 16.4. The summed E-state index contributed by atoms with van der Waals surface area (Å²) in [5, 5.41) is 14.2. The molecule has 6 nitrogen and oxygen atoms in total. The maximum Gasteiger partial charge on any atom is 0.270 e. The van der Waals surface area contributed by atoms with Crippen molar-refractivity contribution in [1.82, 2.24) is 10.2 Å². The second-order valence-corrected chi connectivity index (χ2v) is 6.74. The number of carbonyl (C=O) groups excluding carboxylic acids is 1. The molecule has 1 N–H and O–H groups in total. The number of hydrogen-bond donors (Lipinski definition) is 1. The van der Waals surface area contributed by atoms with Gasteiger partial charge in [-0.3, -0.25) is 19.8 Å². The first-order valence-electron chi connectivity index (χ1n) is 7.98. The molecule has 1 amide bonds. The largest absolute Gasteiger partial charge is 0.356 e. The highest BCUT2D eigenvalue weighted by Crippen LogP contribution is 2.31. The fourth-order valence-corrected chi connectivity index (χ4v) is 3.88. The summed E-state index contributed by atoms with van der Waals surface area (Å²) in [5.41, 5.74) is 0.918. The highest BCUT2D eigenvalue weighted by molar-refractivity contribution is 6.31. The summed E-state index contributed by atoms with van der Waals surface area (Å²) in [6.07, 6.45) is 3.99. The molecule has 0 saturated carbocycles. The highest BCUT2D eigenvalue weighted by atomic mass is 35.5. The molecule has 7 heteroatoms. The number of nitrogens with zero attached hydrogens (tertiary/aromatic N) is 2. The number of nitrogens with one attached hydrogen (secondary N) is 1. The number of likely N-dealkylation sites (tertiary alicyclic amines) is 1. The third-order valence-corrected chi connectivity index (χ3v) is 5.19. The second kappa shape index (κ2) is 6.84. The lowest BCUT2D eigenvalue weighted by atomic mass is 9.89. The smallest absolute Gasteiger partial charge is 0.270 e. The van der Waals surface area contributed by atoms with E-state index in [0.29, 0.717) is 29.9 Å². The molecule has 1 aromatic carbocycles. The van der Waals surface area contributed by atoms with Crippen LogP contribution < -0.4 is 5.32 Å². The molecule has 2 aliphatic heterocycles. The molecule has 2 fully saturated rings. The van der Waals surface area contributed by atoms with E-state index in [4.69, 9.17) is 11.6 Å². The van der Waals surface area contributed by atoms with Gasteiger partial charge in [-0.1, -0.05) is 18.0 Å². The first kappa shape index (κ1) is 16.2. The maximum atomic E-state index is 11.5. The molecule has 2 aliphatic rings. The Morgan fingerprint density at radius 2 is 2.22 bits per heavy atom. The summed E-state index contributed by atoms with van der Waals surface area (Å²) in [5.74, 6) is 0.480. The third-order valence-electron chi connectivity index (χ3n) is 4.84. The van der Waals surface area contributed by atoms with E-state index in [1.54, 1.807) is 6.07 Å². The van der Waals surface area contributed by atoms with Gasteiger partial charge in [0.25, 0.3) is 5.69 Å². The topological polar surface area (TPSA) is 75.5 Å². The van der Waals surface area contributed by atoms with Crippen LogP contribution in [-0.4, -0.2) is 34.9 Å². The summed E-state index contributed by atoms with van der Waals surface area (Å²) in [6.45, 7) is 2.39. The van der Waals surface area contributed by atoms with Crippen LogP contribution in [0.5, 0.6) is 0 Å².